The molecule has 0 amide bonds. The minimum atomic E-state index is -4.96. The van der Waals surface area contributed by atoms with Crippen LogP contribution in [0.5, 0.6) is 0 Å². The highest BCUT2D eigenvalue weighted by Gasteiger charge is 2.30. The zero-order chi connectivity index (χ0) is 68.0. The highest BCUT2D eigenvalue weighted by molar-refractivity contribution is 7.47. The largest absolute Gasteiger partial charge is 0.472 e. The van der Waals surface area contributed by atoms with Crippen molar-refractivity contribution < 1.29 is 80.2 Å². The normalized spacial score (nSPS) is 14.6. The minimum Gasteiger partial charge on any atom is -0.462 e. The lowest BCUT2D eigenvalue weighted by Gasteiger charge is -2.21. The van der Waals surface area contributed by atoms with Crippen LogP contribution in [0.4, 0.5) is 0 Å². The molecule has 0 aliphatic rings. The van der Waals surface area contributed by atoms with E-state index in [1.165, 1.54) is 128 Å². The maximum atomic E-state index is 13.0. The number of phosphoric acid groups is 2. The Morgan fingerprint density at radius 1 is 0.359 bits per heavy atom. The number of phosphoric ester groups is 2. The molecule has 0 saturated heterocycles. The van der Waals surface area contributed by atoms with Crippen LogP contribution >= 0.6 is 15.6 Å². The molecule has 92 heavy (non-hydrogen) atoms. The van der Waals surface area contributed by atoms with Crippen LogP contribution in [0.2, 0.25) is 0 Å². The quantitative estimate of drug-likeness (QED) is 0.0169. The van der Waals surface area contributed by atoms with Gasteiger partial charge in [0, 0.05) is 25.7 Å². The molecule has 17 nitrogen and oxygen atoms in total. The Morgan fingerprint density at radius 3 is 0.967 bits per heavy atom. The van der Waals surface area contributed by atoms with E-state index in [1.807, 2.05) is 0 Å². The lowest BCUT2D eigenvalue weighted by Crippen LogP contribution is -2.30. The molecule has 19 heteroatoms. The van der Waals surface area contributed by atoms with Gasteiger partial charge in [0.2, 0.25) is 0 Å². The van der Waals surface area contributed by atoms with Crippen LogP contribution in [0, 0.1) is 17.8 Å². The zero-order valence-electron chi connectivity index (χ0n) is 59.5. The van der Waals surface area contributed by atoms with Crippen molar-refractivity contribution in [1.82, 2.24) is 0 Å². The van der Waals surface area contributed by atoms with Crippen LogP contribution in [0.3, 0.4) is 0 Å². The highest BCUT2D eigenvalue weighted by atomic mass is 31.2. The topological polar surface area (TPSA) is 237 Å². The van der Waals surface area contributed by atoms with Crippen LogP contribution in [0.1, 0.15) is 344 Å². The van der Waals surface area contributed by atoms with Gasteiger partial charge < -0.3 is 33.8 Å². The Labute approximate surface area is 561 Å². The summed E-state index contributed by atoms with van der Waals surface area (Å²) in [6.07, 6.45) is 51.0. The van der Waals surface area contributed by atoms with Crippen LogP contribution < -0.4 is 0 Å². The predicted octanol–water partition coefficient (Wildman–Crippen LogP) is 20.6. The Hall–Kier alpha value is -2.46. The average molecular weight is 1350 g/mol. The summed E-state index contributed by atoms with van der Waals surface area (Å²) < 4.78 is 68.3. The molecule has 0 fully saturated rings. The maximum absolute atomic E-state index is 13.0. The number of carbonyl (C=O) groups excluding carboxylic acids is 4. The smallest absolute Gasteiger partial charge is 0.462 e. The number of hydrogen-bond acceptors (Lipinski definition) is 15. The van der Waals surface area contributed by atoms with E-state index >= 15 is 0 Å². The minimum absolute atomic E-state index is 0.0837. The second kappa shape index (κ2) is 63.3. The van der Waals surface area contributed by atoms with Gasteiger partial charge in [-0.2, -0.15) is 0 Å². The van der Waals surface area contributed by atoms with Gasteiger partial charge in [0.1, 0.15) is 19.3 Å². The number of allylic oxidation sites excluding steroid dienone is 4. The molecule has 0 rings (SSSR count). The van der Waals surface area contributed by atoms with Crippen molar-refractivity contribution in [1.29, 1.82) is 0 Å². The molecule has 542 valence electrons. The van der Waals surface area contributed by atoms with Crippen molar-refractivity contribution in [3.63, 3.8) is 0 Å². The van der Waals surface area contributed by atoms with Crippen molar-refractivity contribution in [3.8, 4) is 0 Å². The molecule has 0 spiro atoms. The number of esters is 4. The summed E-state index contributed by atoms with van der Waals surface area (Å²) in [4.78, 5) is 72.6. The highest BCUT2D eigenvalue weighted by Crippen LogP contribution is 2.45. The summed E-state index contributed by atoms with van der Waals surface area (Å²) in [5.74, 6) is 0.0497. The Kier molecular flexibility index (Phi) is 61.6. The first-order chi connectivity index (χ1) is 44.3. The van der Waals surface area contributed by atoms with Crippen LogP contribution in [0.15, 0.2) is 24.3 Å². The first-order valence-corrected chi connectivity index (χ1v) is 40.2. The van der Waals surface area contributed by atoms with Gasteiger partial charge in [-0.15, -0.1) is 0 Å². The number of hydrogen-bond donors (Lipinski definition) is 3. The van der Waals surface area contributed by atoms with Gasteiger partial charge in [-0.05, 0) is 69.1 Å². The molecule has 3 N–H and O–H groups in total. The van der Waals surface area contributed by atoms with E-state index in [9.17, 15) is 43.2 Å². The summed E-state index contributed by atoms with van der Waals surface area (Å²) in [5.41, 5.74) is 0. The molecule has 0 radical (unpaired) electrons. The van der Waals surface area contributed by atoms with Gasteiger partial charge in [-0.25, -0.2) is 9.13 Å². The fraction of sp³-hybridized carbons (Fsp3) is 0.890. The molecule has 0 aromatic rings. The van der Waals surface area contributed by atoms with Crippen LogP contribution in [-0.4, -0.2) is 96.7 Å². The van der Waals surface area contributed by atoms with Crippen molar-refractivity contribution in [2.45, 2.75) is 362 Å². The Bertz CT molecular complexity index is 1900. The van der Waals surface area contributed by atoms with Gasteiger partial charge >= 0.3 is 39.5 Å². The number of rotatable bonds is 69. The number of carbonyl (C=O) groups is 4. The SMILES string of the molecule is CCCCCC/C=C\C=C/CCCCCCCC(=O)O[C@H](COC(=O)CCCCCCCCC(C)CC)COP(=O)(O)OCC(O)COP(=O)(O)OC[C@@H](COC(=O)CCCCCCCCC(C)C)OC(=O)CCCCCCCCCCCCCCCCCC(C)C. The van der Waals surface area contributed by atoms with E-state index in [1.54, 1.807) is 0 Å². The van der Waals surface area contributed by atoms with E-state index in [4.69, 9.17) is 37.0 Å². The average Bonchev–Trinajstić information content (AvgIpc) is 2.41. The molecule has 0 bridgehead atoms. The summed E-state index contributed by atoms with van der Waals surface area (Å²) in [6, 6.07) is 0. The van der Waals surface area contributed by atoms with Crippen molar-refractivity contribution in [3.05, 3.63) is 24.3 Å². The van der Waals surface area contributed by atoms with Gasteiger partial charge in [0.05, 0.1) is 26.4 Å². The Balaban J connectivity index is 5.24. The molecule has 6 atom stereocenters. The lowest BCUT2D eigenvalue weighted by atomic mass is 10.00. The third-order valence-electron chi connectivity index (χ3n) is 16.6. The van der Waals surface area contributed by atoms with Gasteiger partial charge in [0.15, 0.2) is 12.2 Å². The number of unbranched alkanes of at least 4 members (excludes halogenated alkanes) is 33. The summed E-state index contributed by atoms with van der Waals surface area (Å²) in [5, 5.41) is 10.6. The molecule has 0 aliphatic carbocycles. The molecular formula is C73H138O17P2. The standard InChI is InChI=1S/C73H138O17P2/c1-8-10-11-12-13-14-15-16-18-22-25-28-31-42-49-56-73(78)90-69(61-84-71(76)55-48-41-36-34-39-46-53-66(7)9-2)63-88-92(81,82)86-59-67(74)58-85-91(79,80)87-62-68(60-83-70(75)54-47-40-35-33-38-45-52-65(5)6)89-72(77)57-50-43-32-29-26-23-20-17-19-21-24-27-30-37-44-51-64(3)4/h14-16,18,64-69,74H,8-13,17,19-63H2,1-7H3,(H,79,80)(H,81,82)/b15-14-,18-16-/t66?,67?,68-,69-/m1/s1. The number of aliphatic hydroxyl groups is 1. The van der Waals surface area contributed by atoms with E-state index in [-0.39, 0.29) is 25.7 Å². The predicted molar refractivity (Wildman–Crippen MR) is 372 cm³/mol. The molecule has 0 heterocycles. The first kappa shape index (κ1) is 89.5. The third kappa shape index (κ3) is 64.9. The van der Waals surface area contributed by atoms with Crippen LogP contribution in [-0.2, 0) is 65.4 Å². The van der Waals surface area contributed by atoms with E-state index in [0.29, 0.717) is 31.6 Å². The molecule has 4 unspecified atom stereocenters. The van der Waals surface area contributed by atoms with Gasteiger partial charge in [-0.1, -0.05) is 291 Å². The molecule has 0 saturated carbocycles. The second-order valence-electron chi connectivity index (χ2n) is 26.8. The number of aliphatic hydroxyl groups excluding tert-OH is 1. The summed E-state index contributed by atoms with van der Waals surface area (Å²) >= 11 is 0. The van der Waals surface area contributed by atoms with Crippen LogP contribution in [0.25, 0.3) is 0 Å². The van der Waals surface area contributed by atoms with Crippen molar-refractivity contribution in [2.75, 3.05) is 39.6 Å². The molecule has 0 aromatic heterocycles. The zero-order valence-corrected chi connectivity index (χ0v) is 61.3. The van der Waals surface area contributed by atoms with Gasteiger partial charge in [0.25, 0.3) is 0 Å². The Morgan fingerprint density at radius 2 is 0.641 bits per heavy atom. The molecule has 0 aromatic carbocycles. The number of ether oxygens (including phenoxy) is 4. The van der Waals surface area contributed by atoms with E-state index < -0.39 is 97.5 Å². The van der Waals surface area contributed by atoms with E-state index in [0.717, 1.165) is 127 Å². The summed E-state index contributed by atoms with van der Waals surface area (Å²) in [6.45, 7) is 11.7. The van der Waals surface area contributed by atoms with Crippen molar-refractivity contribution >= 4 is 39.5 Å². The molecule has 0 aliphatic heterocycles. The second-order valence-corrected chi connectivity index (χ2v) is 29.7. The summed E-state index contributed by atoms with van der Waals surface area (Å²) in [7, 11) is -9.92. The van der Waals surface area contributed by atoms with E-state index in [2.05, 4.69) is 72.8 Å². The fourth-order valence-electron chi connectivity index (χ4n) is 10.5. The monoisotopic (exact) mass is 1350 g/mol. The van der Waals surface area contributed by atoms with Gasteiger partial charge in [-0.3, -0.25) is 37.3 Å². The third-order valence-corrected chi connectivity index (χ3v) is 18.5. The maximum Gasteiger partial charge on any atom is 0.472 e. The molecular weight excluding hydrogens is 1210 g/mol. The van der Waals surface area contributed by atoms with Crippen molar-refractivity contribution in [2.24, 2.45) is 17.8 Å². The first-order valence-electron chi connectivity index (χ1n) is 37.2. The fourth-order valence-corrected chi connectivity index (χ4v) is 12.1. The lowest BCUT2D eigenvalue weighted by molar-refractivity contribution is -0.161.